The summed E-state index contributed by atoms with van der Waals surface area (Å²) in [5, 5.41) is 14.9. The van der Waals surface area contributed by atoms with Crippen molar-refractivity contribution in [3.8, 4) is 6.07 Å². The van der Waals surface area contributed by atoms with E-state index in [1.165, 1.54) is 6.92 Å². The van der Waals surface area contributed by atoms with Crippen LogP contribution in [0.15, 0.2) is 0 Å². The van der Waals surface area contributed by atoms with E-state index < -0.39 is 0 Å². The molecule has 0 spiro atoms. The quantitative estimate of drug-likeness (QED) is 0.790. The summed E-state index contributed by atoms with van der Waals surface area (Å²) in [5.41, 5.74) is 0.395. The summed E-state index contributed by atoms with van der Waals surface area (Å²) in [5.74, 6) is 0.331. The zero-order valence-corrected chi connectivity index (χ0v) is 8.73. The molecule has 0 aliphatic carbocycles. The average molecular weight is 210 g/mol. The van der Waals surface area contributed by atoms with E-state index in [0.29, 0.717) is 22.9 Å². The van der Waals surface area contributed by atoms with Crippen LogP contribution in [0.4, 0.5) is 10.8 Å². The van der Waals surface area contributed by atoms with Gasteiger partial charge in [0.2, 0.25) is 5.91 Å². The smallest absolute Gasteiger partial charge is 0.221 e. The van der Waals surface area contributed by atoms with Crippen LogP contribution in [0, 0.1) is 11.3 Å². The van der Waals surface area contributed by atoms with Crippen molar-refractivity contribution in [1.29, 1.82) is 5.26 Å². The minimum Gasteiger partial charge on any atom is -0.368 e. The van der Waals surface area contributed by atoms with E-state index in [0.717, 1.165) is 11.5 Å². The summed E-state index contributed by atoms with van der Waals surface area (Å²) in [6.07, 6.45) is 0. The number of anilines is 2. The molecule has 5 nitrogen and oxygen atoms in total. The Bertz CT molecular complexity index is 379. The van der Waals surface area contributed by atoms with Crippen LogP contribution < -0.4 is 10.6 Å². The Kier molecular flexibility index (Phi) is 3.42. The van der Waals surface area contributed by atoms with Crippen LogP contribution in [0.3, 0.4) is 0 Å². The van der Waals surface area contributed by atoms with Gasteiger partial charge in [0.15, 0.2) is 5.82 Å². The summed E-state index contributed by atoms with van der Waals surface area (Å²) in [6.45, 7) is 4.00. The second-order valence-electron chi connectivity index (χ2n) is 2.56. The minimum atomic E-state index is -0.201. The van der Waals surface area contributed by atoms with Crippen molar-refractivity contribution < 1.29 is 4.79 Å². The Balaban J connectivity index is 2.96. The monoisotopic (exact) mass is 210 g/mol. The number of carbonyl (C=O) groups excluding carboxylic acids is 1. The lowest BCUT2D eigenvalue weighted by atomic mass is 10.3. The molecular formula is C8H10N4OS. The number of hydrogen-bond acceptors (Lipinski definition) is 5. The van der Waals surface area contributed by atoms with E-state index >= 15 is 0 Å². The first kappa shape index (κ1) is 10.5. The minimum absolute atomic E-state index is 0.201. The third-order valence-electron chi connectivity index (χ3n) is 1.44. The van der Waals surface area contributed by atoms with E-state index in [1.807, 2.05) is 13.0 Å². The van der Waals surface area contributed by atoms with E-state index in [-0.39, 0.29) is 5.91 Å². The lowest BCUT2D eigenvalue weighted by Crippen LogP contribution is -2.06. The molecule has 0 fully saturated rings. The summed E-state index contributed by atoms with van der Waals surface area (Å²) < 4.78 is 4.02. The fraction of sp³-hybridized carbons (Fsp3) is 0.375. The van der Waals surface area contributed by atoms with Gasteiger partial charge in [0.1, 0.15) is 16.6 Å². The summed E-state index contributed by atoms with van der Waals surface area (Å²) >= 11 is 1.10. The Morgan fingerprint density at radius 3 is 2.93 bits per heavy atom. The van der Waals surface area contributed by atoms with Crippen molar-refractivity contribution >= 4 is 28.3 Å². The number of amides is 1. The maximum absolute atomic E-state index is 10.8. The molecule has 0 aliphatic rings. The maximum atomic E-state index is 10.8. The topological polar surface area (TPSA) is 77.8 Å². The SMILES string of the molecule is CCNc1nsc(NC(C)=O)c1C#N. The highest BCUT2D eigenvalue weighted by Crippen LogP contribution is 2.27. The lowest BCUT2D eigenvalue weighted by molar-refractivity contribution is -0.114. The van der Waals surface area contributed by atoms with Gasteiger partial charge in [-0.3, -0.25) is 4.79 Å². The fourth-order valence-electron chi connectivity index (χ4n) is 0.927. The molecule has 2 N–H and O–H groups in total. The van der Waals surface area contributed by atoms with Crippen molar-refractivity contribution in [2.24, 2.45) is 0 Å². The molecule has 0 aliphatic heterocycles. The van der Waals surface area contributed by atoms with Gasteiger partial charge in [-0.15, -0.1) is 0 Å². The third kappa shape index (κ3) is 2.20. The number of nitriles is 1. The number of aromatic nitrogens is 1. The number of nitrogens with one attached hydrogen (secondary N) is 2. The number of hydrogen-bond donors (Lipinski definition) is 2. The molecule has 0 radical (unpaired) electrons. The van der Waals surface area contributed by atoms with Crippen molar-refractivity contribution in [2.75, 3.05) is 17.2 Å². The van der Waals surface area contributed by atoms with Gasteiger partial charge in [0.25, 0.3) is 0 Å². The van der Waals surface area contributed by atoms with Gasteiger partial charge in [-0.25, -0.2) is 0 Å². The number of carbonyl (C=O) groups is 1. The number of nitrogens with zero attached hydrogens (tertiary/aromatic N) is 2. The summed E-state index contributed by atoms with van der Waals surface area (Å²) in [6, 6.07) is 2.01. The first-order chi connectivity index (χ1) is 6.69. The molecule has 0 bridgehead atoms. The van der Waals surface area contributed by atoms with Crippen molar-refractivity contribution in [3.63, 3.8) is 0 Å². The second kappa shape index (κ2) is 4.58. The zero-order valence-electron chi connectivity index (χ0n) is 7.92. The van der Waals surface area contributed by atoms with E-state index in [9.17, 15) is 4.79 Å². The highest BCUT2D eigenvalue weighted by atomic mass is 32.1. The predicted molar refractivity (Wildman–Crippen MR) is 55.3 cm³/mol. The second-order valence-corrected chi connectivity index (χ2v) is 3.33. The molecule has 0 aromatic carbocycles. The highest BCUT2D eigenvalue weighted by Gasteiger charge is 2.13. The van der Waals surface area contributed by atoms with Gasteiger partial charge in [-0.1, -0.05) is 0 Å². The Hall–Kier alpha value is -1.61. The lowest BCUT2D eigenvalue weighted by Gasteiger charge is -1.98. The zero-order chi connectivity index (χ0) is 10.6. The van der Waals surface area contributed by atoms with Crippen LogP contribution >= 0.6 is 11.5 Å². The highest BCUT2D eigenvalue weighted by molar-refractivity contribution is 7.11. The van der Waals surface area contributed by atoms with Gasteiger partial charge in [-0.05, 0) is 18.5 Å². The van der Waals surface area contributed by atoms with Gasteiger partial charge >= 0.3 is 0 Å². The van der Waals surface area contributed by atoms with Gasteiger partial charge in [-0.2, -0.15) is 9.64 Å². The normalized spacial score (nSPS) is 9.21. The molecule has 0 saturated heterocycles. The van der Waals surface area contributed by atoms with Crippen LogP contribution in [0.5, 0.6) is 0 Å². The molecule has 14 heavy (non-hydrogen) atoms. The maximum Gasteiger partial charge on any atom is 0.221 e. The van der Waals surface area contributed by atoms with Gasteiger partial charge in [0, 0.05) is 13.5 Å². The first-order valence-corrected chi connectivity index (χ1v) is 4.87. The van der Waals surface area contributed by atoms with E-state index in [1.54, 1.807) is 0 Å². The van der Waals surface area contributed by atoms with Crippen LogP contribution in [-0.2, 0) is 4.79 Å². The van der Waals surface area contributed by atoms with Crippen LogP contribution in [-0.4, -0.2) is 16.8 Å². The summed E-state index contributed by atoms with van der Waals surface area (Å²) in [7, 11) is 0. The van der Waals surface area contributed by atoms with Crippen molar-refractivity contribution in [3.05, 3.63) is 5.56 Å². The Labute approximate surface area is 85.9 Å². The molecule has 0 saturated carbocycles. The predicted octanol–water partition coefficient (Wildman–Crippen LogP) is 1.40. The standard InChI is InChI=1S/C8H10N4OS/c1-3-10-7-6(4-9)8(14-12-7)11-5(2)13/h3H2,1-2H3,(H,10,12)(H,11,13). The fourth-order valence-corrected chi connectivity index (χ4v) is 1.69. The van der Waals surface area contributed by atoms with Crippen molar-refractivity contribution in [1.82, 2.24) is 4.37 Å². The largest absolute Gasteiger partial charge is 0.368 e. The molecule has 6 heteroatoms. The molecule has 1 aromatic rings. The van der Waals surface area contributed by atoms with Crippen molar-refractivity contribution in [2.45, 2.75) is 13.8 Å². The third-order valence-corrected chi connectivity index (χ3v) is 2.20. The first-order valence-electron chi connectivity index (χ1n) is 4.10. The molecule has 1 heterocycles. The van der Waals surface area contributed by atoms with Crippen LogP contribution in [0.1, 0.15) is 19.4 Å². The summed E-state index contributed by atoms with van der Waals surface area (Å²) in [4.78, 5) is 10.8. The molecule has 1 rings (SSSR count). The van der Waals surface area contributed by atoms with E-state index in [2.05, 4.69) is 15.0 Å². The van der Waals surface area contributed by atoms with Gasteiger partial charge < -0.3 is 10.6 Å². The molecule has 0 unspecified atom stereocenters. The molecule has 74 valence electrons. The molecule has 0 atom stereocenters. The average Bonchev–Trinajstić information content (AvgIpc) is 2.47. The molecular weight excluding hydrogens is 200 g/mol. The molecule has 1 aromatic heterocycles. The van der Waals surface area contributed by atoms with Crippen LogP contribution in [0.25, 0.3) is 0 Å². The van der Waals surface area contributed by atoms with E-state index in [4.69, 9.17) is 5.26 Å². The Morgan fingerprint density at radius 1 is 1.71 bits per heavy atom. The molecule has 1 amide bonds. The Morgan fingerprint density at radius 2 is 2.43 bits per heavy atom. The van der Waals surface area contributed by atoms with Gasteiger partial charge in [0.05, 0.1) is 0 Å². The van der Waals surface area contributed by atoms with Crippen LogP contribution in [0.2, 0.25) is 0 Å². The number of rotatable bonds is 3.